The second-order valence-corrected chi connectivity index (χ2v) is 4.83. The van der Waals surface area contributed by atoms with E-state index in [0.717, 1.165) is 32.6 Å². The minimum absolute atomic E-state index is 0.525. The van der Waals surface area contributed by atoms with E-state index in [1.54, 1.807) is 0 Å². The van der Waals surface area contributed by atoms with Crippen LogP contribution in [-0.2, 0) is 11.2 Å². The van der Waals surface area contributed by atoms with Gasteiger partial charge in [-0.3, -0.25) is 0 Å². The lowest BCUT2D eigenvalue weighted by molar-refractivity contribution is 0.0743. The zero-order valence-corrected chi connectivity index (χ0v) is 10.8. The number of hydrogen-bond acceptors (Lipinski definition) is 3. The zero-order valence-electron chi connectivity index (χ0n) is 10.8. The lowest BCUT2D eigenvalue weighted by Gasteiger charge is -2.23. The summed E-state index contributed by atoms with van der Waals surface area (Å²) in [5, 5.41) is 3.49. The van der Waals surface area contributed by atoms with E-state index in [1.165, 1.54) is 11.3 Å². The maximum Gasteiger partial charge on any atom is 0.0620 e. The molecule has 1 aliphatic heterocycles. The molecular weight excluding hydrogens is 212 g/mol. The van der Waals surface area contributed by atoms with Crippen LogP contribution in [0.25, 0.3) is 0 Å². The molecule has 0 aromatic heterocycles. The molecule has 1 heterocycles. The Hall–Kier alpha value is -1.06. The fraction of sp³-hybridized carbons (Fsp3) is 0.571. The Morgan fingerprint density at radius 2 is 2.06 bits per heavy atom. The molecule has 1 N–H and O–H groups in total. The number of nitrogens with one attached hydrogen (secondary N) is 1. The van der Waals surface area contributed by atoms with Gasteiger partial charge in [0.05, 0.1) is 13.2 Å². The van der Waals surface area contributed by atoms with Crippen molar-refractivity contribution in [2.24, 2.45) is 0 Å². The van der Waals surface area contributed by atoms with Gasteiger partial charge in [-0.15, -0.1) is 0 Å². The molecule has 1 aliphatic rings. The molecule has 1 saturated heterocycles. The van der Waals surface area contributed by atoms with Crippen molar-refractivity contribution >= 4 is 5.69 Å². The molecule has 0 saturated carbocycles. The summed E-state index contributed by atoms with van der Waals surface area (Å²) in [4.78, 5) is 2.13. The molecular formula is C14H22N2O. The highest BCUT2D eigenvalue weighted by molar-refractivity contribution is 5.45. The van der Waals surface area contributed by atoms with Crippen molar-refractivity contribution < 1.29 is 4.74 Å². The van der Waals surface area contributed by atoms with E-state index < -0.39 is 0 Å². The Balaban J connectivity index is 1.82. The van der Waals surface area contributed by atoms with Gasteiger partial charge in [-0.25, -0.2) is 0 Å². The summed E-state index contributed by atoms with van der Waals surface area (Å²) in [6.07, 6.45) is 2.27. The highest BCUT2D eigenvalue weighted by atomic mass is 16.5. The van der Waals surface area contributed by atoms with Crippen molar-refractivity contribution in [3.8, 4) is 0 Å². The van der Waals surface area contributed by atoms with Crippen LogP contribution in [0.2, 0.25) is 0 Å². The first kappa shape index (κ1) is 12.4. The molecule has 0 spiro atoms. The lowest BCUT2D eigenvalue weighted by Crippen LogP contribution is -2.41. The van der Waals surface area contributed by atoms with Gasteiger partial charge in [0.2, 0.25) is 0 Å². The molecule has 0 bridgehead atoms. The van der Waals surface area contributed by atoms with Gasteiger partial charge in [-0.05, 0) is 30.5 Å². The lowest BCUT2D eigenvalue weighted by atomic mass is 10.0. The number of nitrogens with zero attached hydrogens (tertiary/aromatic N) is 1. The molecule has 1 aromatic carbocycles. The maximum absolute atomic E-state index is 5.45. The normalized spacial score (nSPS) is 20.2. The molecule has 1 unspecified atom stereocenters. The van der Waals surface area contributed by atoms with Gasteiger partial charge in [-0.2, -0.15) is 0 Å². The number of benzene rings is 1. The van der Waals surface area contributed by atoms with Gasteiger partial charge in [0.1, 0.15) is 0 Å². The van der Waals surface area contributed by atoms with Gasteiger partial charge in [0.25, 0.3) is 0 Å². The van der Waals surface area contributed by atoms with Crippen molar-refractivity contribution in [3.63, 3.8) is 0 Å². The Morgan fingerprint density at radius 1 is 1.29 bits per heavy atom. The Labute approximate surface area is 104 Å². The summed E-state index contributed by atoms with van der Waals surface area (Å²) in [5.41, 5.74) is 2.66. The van der Waals surface area contributed by atoms with Crippen LogP contribution < -0.4 is 10.2 Å². The molecule has 0 radical (unpaired) electrons. The Kier molecular flexibility index (Phi) is 4.40. The second-order valence-electron chi connectivity index (χ2n) is 4.83. The molecule has 1 atom stereocenters. The van der Waals surface area contributed by atoms with E-state index in [9.17, 15) is 0 Å². The van der Waals surface area contributed by atoms with Crippen LogP contribution in [0.3, 0.4) is 0 Å². The van der Waals surface area contributed by atoms with Crippen molar-refractivity contribution in [2.75, 3.05) is 38.8 Å². The standard InChI is InChI=1S/C14H22N2O/c1-16(2)14-7-4-12(5-8-14)3-6-13-11-17-10-9-15-13/h4-5,7-8,13,15H,3,6,9-11H2,1-2H3. The molecule has 1 aromatic rings. The average molecular weight is 234 g/mol. The quantitative estimate of drug-likeness (QED) is 0.857. The van der Waals surface area contributed by atoms with Gasteiger partial charge < -0.3 is 15.0 Å². The summed E-state index contributed by atoms with van der Waals surface area (Å²) in [6, 6.07) is 9.33. The van der Waals surface area contributed by atoms with E-state index >= 15 is 0 Å². The van der Waals surface area contributed by atoms with Gasteiger partial charge in [0.15, 0.2) is 0 Å². The summed E-state index contributed by atoms with van der Waals surface area (Å²) in [5.74, 6) is 0. The van der Waals surface area contributed by atoms with Crippen molar-refractivity contribution in [2.45, 2.75) is 18.9 Å². The fourth-order valence-corrected chi connectivity index (χ4v) is 2.11. The molecule has 0 aliphatic carbocycles. The first-order chi connectivity index (χ1) is 8.25. The van der Waals surface area contributed by atoms with Gasteiger partial charge in [-0.1, -0.05) is 12.1 Å². The summed E-state index contributed by atoms with van der Waals surface area (Å²) in [6.45, 7) is 2.70. The third-order valence-corrected chi connectivity index (χ3v) is 3.23. The topological polar surface area (TPSA) is 24.5 Å². The number of aryl methyl sites for hydroxylation is 1. The minimum Gasteiger partial charge on any atom is -0.379 e. The smallest absolute Gasteiger partial charge is 0.0620 e. The van der Waals surface area contributed by atoms with Crippen LogP contribution in [-0.4, -0.2) is 39.9 Å². The summed E-state index contributed by atoms with van der Waals surface area (Å²) < 4.78 is 5.45. The highest BCUT2D eigenvalue weighted by Gasteiger charge is 2.12. The molecule has 2 rings (SSSR count). The van der Waals surface area contributed by atoms with Crippen LogP contribution in [0.15, 0.2) is 24.3 Å². The maximum atomic E-state index is 5.45. The summed E-state index contributed by atoms with van der Waals surface area (Å²) in [7, 11) is 4.14. The number of hydrogen-bond donors (Lipinski definition) is 1. The molecule has 3 nitrogen and oxygen atoms in total. The Bertz CT molecular complexity index is 329. The van der Waals surface area contributed by atoms with Crippen molar-refractivity contribution in [3.05, 3.63) is 29.8 Å². The number of anilines is 1. The Morgan fingerprint density at radius 3 is 2.65 bits per heavy atom. The van der Waals surface area contributed by atoms with E-state index in [0.29, 0.717) is 6.04 Å². The number of morpholine rings is 1. The van der Waals surface area contributed by atoms with Crippen LogP contribution in [0.5, 0.6) is 0 Å². The average Bonchev–Trinajstić information content (AvgIpc) is 2.38. The predicted molar refractivity (Wildman–Crippen MR) is 71.7 cm³/mol. The molecule has 0 amide bonds. The van der Waals surface area contributed by atoms with Gasteiger partial charge >= 0.3 is 0 Å². The fourth-order valence-electron chi connectivity index (χ4n) is 2.11. The molecule has 1 fully saturated rings. The monoisotopic (exact) mass is 234 g/mol. The first-order valence-electron chi connectivity index (χ1n) is 6.33. The molecule has 3 heteroatoms. The zero-order chi connectivity index (χ0) is 12.1. The van der Waals surface area contributed by atoms with E-state index in [2.05, 4.69) is 48.6 Å². The minimum atomic E-state index is 0.525. The number of rotatable bonds is 4. The van der Waals surface area contributed by atoms with Gasteiger partial charge in [0, 0.05) is 32.4 Å². The number of ether oxygens (including phenoxy) is 1. The van der Waals surface area contributed by atoms with Crippen LogP contribution in [0.1, 0.15) is 12.0 Å². The highest BCUT2D eigenvalue weighted by Crippen LogP contribution is 2.14. The van der Waals surface area contributed by atoms with Crippen LogP contribution >= 0.6 is 0 Å². The molecule has 17 heavy (non-hydrogen) atoms. The van der Waals surface area contributed by atoms with Crippen molar-refractivity contribution in [1.29, 1.82) is 0 Å². The largest absolute Gasteiger partial charge is 0.379 e. The summed E-state index contributed by atoms with van der Waals surface area (Å²) >= 11 is 0. The van der Waals surface area contributed by atoms with Crippen LogP contribution in [0.4, 0.5) is 5.69 Å². The van der Waals surface area contributed by atoms with Crippen molar-refractivity contribution in [1.82, 2.24) is 5.32 Å². The molecule has 94 valence electrons. The third kappa shape index (κ3) is 3.72. The SMILES string of the molecule is CN(C)c1ccc(CCC2COCCN2)cc1. The van der Waals surface area contributed by atoms with E-state index in [1.807, 2.05) is 0 Å². The van der Waals surface area contributed by atoms with Crippen LogP contribution in [0, 0.1) is 0 Å². The first-order valence-corrected chi connectivity index (χ1v) is 6.33. The third-order valence-electron chi connectivity index (χ3n) is 3.23. The van der Waals surface area contributed by atoms with E-state index in [-0.39, 0.29) is 0 Å². The predicted octanol–water partition coefficient (Wildman–Crippen LogP) is 1.67. The second kappa shape index (κ2) is 6.03. The van der Waals surface area contributed by atoms with E-state index in [4.69, 9.17) is 4.74 Å².